The third-order valence-electron chi connectivity index (χ3n) is 5.26. The van der Waals surface area contributed by atoms with Crippen LogP contribution >= 0.6 is 0 Å². The Morgan fingerprint density at radius 2 is 1.89 bits per heavy atom. The van der Waals surface area contributed by atoms with Crippen molar-refractivity contribution in [3.05, 3.63) is 72.4 Å². The Bertz CT molecular complexity index is 1020. The number of fused-ring (bicyclic) bond motifs is 2. The largest absolute Gasteiger partial charge is 0.360 e. The van der Waals surface area contributed by atoms with Crippen molar-refractivity contribution in [2.45, 2.75) is 45.2 Å². The van der Waals surface area contributed by atoms with E-state index < -0.39 is 0 Å². The maximum atomic E-state index is 4.17. The molecule has 0 aliphatic rings. The van der Waals surface area contributed by atoms with Crippen LogP contribution in [0.4, 0.5) is 0 Å². The van der Waals surface area contributed by atoms with E-state index in [1.807, 2.05) is 24.8 Å². The third kappa shape index (κ3) is 4.34. The van der Waals surface area contributed by atoms with Gasteiger partial charge in [0.1, 0.15) is 0 Å². The third-order valence-corrected chi connectivity index (χ3v) is 5.26. The number of pyridine rings is 2. The first-order valence-corrected chi connectivity index (χ1v) is 9.75. The van der Waals surface area contributed by atoms with Crippen molar-refractivity contribution in [2.75, 3.05) is 0 Å². The fourth-order valence-corrected chi connectivity index (χ4v) is 3.64. The van der Waals surface area contributed by atoms with Gasteiger partial charge in [-0.3, -0.25) is 9.97 Å². The highest BCUT2D eigenvalue weighted by atomic mass is 14.9. The van der Waals surface area contributed by atoms with E-state index in [1.54, 1.807) is 0 Å². The monoisotopic (exact) mass is 358 g/mol. The molecule has 0 aliphatic carbocycles. The first-order valence-electron chi connectivity index (χ1n) is 9.75. The number of nitrogens with zero attached hydrogens (tertiary/aromatic N) is 2. The summed E-state index contributed by atoms with van der Waals surface area (Å²) in [6.07, 6.45) is 14.4. The minimum absolute atomic E-state index is 0.519. The second-order valence-corrected chi connectivity index (χ2v) is 7.32. The summed E-state index contributed by atoms with van der Waals surface area (Å²) in [5, 5.41) is 7.42. The lowest BCUT2D eigenvalue weighted by Gasteiger charge is -2.14. The normalized spacial score (nSPS) is 12.6. The van der Waals surface area contributed by atoms with E-state index in [9.17, 15) is 0 Å². The summed E-state index contributed by atoms with van der Waals surface area (Å²) in [5.41, 5.74) is 3.86. The van der Waals surface area contributed by atoms with Crippen molar-refractivity contribution in [2.24, 2.45) is 0 Å². The molecule has 2 N–H and O–H groups in total. The quantitative estimate of drug-likeness (QED) is 0.436. The molecule has 1 atom stereocenters. The van der Waals surface area contributed by atoms with Gasteiger partial charge in [-0.25, -0.2) is 0 Å². The summed E-state index contributed by atoms with van der Waals surface area (Å²) in [6, 6.07) is 11.3. The highest BCUT2D eigenvalue weighted by molar-refractivity contribution is 5.82. The van der Waals surface area contributed by atoms with Crippen molar-refractivity contribution in [3.8, 4) is 0 Å². The first kappa shape index (κ1) is 17.7. The number of unbranched alkanes of at least 4 members (excludes halogenated alkanes) is 1. The standard InChI is InChI=1S/C23H26N4/c1-17(26-13-18-6-7-20-14-24-10-8-19(20)12-18)4-2-3-5-21-15-27-23-16-25-11-9-22(21)23/h6-12,14-17,26-27H,2-5,13H2,1H3/t17-/m1/s1. The smallest absolute Gasteiger partial charge is 0.0643 e. The number of aromatic nitrogens is 3. The highest BCUT2D eigenvalue weighted by Gasteiger charge is 2.05. The fraction of sp³-hybridized carbons (Fsp3) is 0.304. The SMILES string of the molecule is C[C@H](CCCCc1c[nH]c2cnccc12)NCc1ccc2cnccc2c1. The van der Waals surface area contributed by atoms with Gasteiger partial charge in [-0.2, -0.15) is 0 Å². The lowest BCUT2D eigenvalue weighted by Crippen LogP contribution is -2.25. The van der Waals surface area contributed by atoms with Gasteiger partial charge in [0.25, 0.3) is 0 Å². The molecule has 3 aromatic heterocycles. The van der Waals surface area contributed by atoms with E-state index in [-0.39, 0.29) is 0 Å². The maximum absolute atomic E-state index is 4.17. The molecule has 0 amide bonds. The molecule has 0 unspecified atom stereocenters. The number of aryl methyl sites for hydroxylation is 1. The van der Waals surface area contributed by atoms with E-state index in [4.69, 9.17) is 0 Å². The molecule has 0 fully saturated rings. The summed E-state index contributed by atoms with van der Waals surface area (Å²) in [5.74, 6) is 0. The number of hydrogen-bond donors (Lipinski definition) is 2. The molecule has 4 rings (SSSR count). The molecular formula is C23H26N4. The van der Waals surface area contributed by atoms with E-state index in [1.165, 1.54) is 46.5 Å². The average Bonchev–Trinajstić information content (AvgIpc) is 3.13. The van der Waals surface area contributed by atoms with E-state index in [2.05, 4.69) is 63.7 Å². The zero-order valence-corrected chi connectivity index (χ0v) is 15.8. The van der Waals surface area contributed by atoms with Gasteiger partial charge in [-0.1, -0.05) is 18.6 Å². The van der Waals surface area contributed by atoms with Gasteiger partial charge in [0.15, 0.2) is 0 Å². The van der Waals surface area contributed by atoms with Crippen LogP contribution in [0.5, 0.6) is 0 Å². The Morgan fingerprint density at radius 3 is 2.85 bits per heavy atom. The lowest BCUT2D eigenvalue weighted by atomic mass is 10.0. The zero-order valence-electron chi connectivity index (χ0n) is 15.8. The van der Waals surface area contributed by atoms with Crippen LogP contribution in [-0.4, -0.2) is 21.0 Å². The summed E-state index contributed by atoms with van der Waals surface area (Å²) < 4.78 is 0. The molecule has 138 valence electrons. The summed E-state index contributed by atoms with van der Waals surface area (Å²) in [7, 11) is 0. The first-order chi connectivity index (χ1) is 13.3. The summed E-state index contributed by atoms with van der Waals surface area (Å²) in [4.78, 5) is 11.6. The number of H-pyrrole nitrogens is 1. The molecule has 0 saturated heterocycles. The van der Waals surface area contributed by atoms with Crippen molar-refractivity contribution in [1.29, 1.82) is 0 Å². The van der Waals surface area contributed by atoms with Crippen LogP contribution in [0.15, 0.2) is 61.3 Å². The van der Waals surface area contributed by atoms with Gasteiger partial charge in [0.2, 0.25) is 0 Å². The molecule has 0 radical (unpaired) electrons. The molecule has 0 aliphatic heterocycles. The molecule has 0 saturated carbocycles. The molecule has 4 heteroatoms. The summed E-state index contributed by atoms with van der Waals surface area (Å²) in [6.45, 7) is 3.19. The topological polar surface area (TPSA) is 53.6 Å². The van der Waals surface area contributed by atoms with E-state index in [0.717, 1.165) is 18.5 Å². The van der Waals surface area contributed by atoms with Gasteiger partial charge in [0.05, 0.1) is 11.7 Å². The second-order valence-electron chi connectivity index (χ2n) is 7.32. The van der Waals surface area contributed by atoms with Crippen LogP contribution < -0.4 is 5.32 Å². The molecule has 3 heterocycles. The molecule has 4 aromatic rings. The Hall–Kier alpha value is -2.72. The average molecular weight is 358 g/mol. The molecule has 0 bridgehead atoms. The zero-order chi connectivity index (χ0) is 18.5. The number of nitrogens with one attached hydrogen (secondary N) is 2. The predicted octanol–water partition coefficient (Wildman–Crippen LogP) is 5.00. The predicted molar refractivity (Wildman–Crippen MR) is 112 cm³/mol. The molecular weight excluding hydrogens is 332 g/mol. The van der Waals surface area contributed by atoms with E-state index in [0.29, 0.717) is 6.04 Å². The van der Waals surface area contributed by atoms with Crippen molar-refractivity contribution >= 4 is 21.7 Å². The number of hydrogen-bond acceptors (Lipinski definition) is 3. The van der Waals surface area contributed by atoms with Gasteiger partial charge >= 0.3 is 0 Å². The van der Waals surface area contributed by atoms with Gasteiger partial charge in [0, 0.05) is 48.1 Å². The van der Waals surface area contributed by atoms with Crippen molar-refractivity contribution in [1.82, 2.24) is 20.3 Å². The second kappa shape index (κ2) is 8.31. The summed E-state index contributed by atoms with van der Waals surface area (Å²) >= 11 is 0. The van der Waals surface area contributed by atoms with Crippen LogP contribution in [0.1, 0.15) is 37.3 Å². The van der Waals surface area contributed by atoms with E-state index >= 15 is 0 Å². The fourth-order valence-electron chi connectivity index (χ4n) is 3.64. The van der Waals surface area contributed by atoms with Crippen molar-refractivity contribution in [3.63, 3.8) is 0 Å². The molecule has 27 heavy (non-hydrogen) atoms. The van der Waals surface area contributed by atoms with Crippen LogP contribution in [0.2, 0.25) is 0 Å². The van der Waals surface area contributed by atoms with Crippen LogP contribution in [-0.2, 0) is 13.0 Å². The molecule has 1 aromatic carbocycles. The Labute approximate surface area is 160 Å². The van der Waals surface area contributed by atoms with Crippen LogP contribution in [0, 0.1) is 0 Å². The lowest BCUT2D eigenvalue weighted by molar-refractivity contribution is 0.489. The highest BCUT2D eigenvalue weighted by Crippen LogP contribution is 2.19. The van der Waals surface area contributed by atoms with Crippen LogP contribution in [0.3, 0.4) is 0 Å². The van der Waals surface area contributed by atoms with Gasteiger partial charge < -0.3 is 10.3 Å². The minimum Gasteiger partial charge on any atom is -0.360 e. The molecule has 0 spiro atoms. The number of aromatic amines is 1. The van der Waals surface area contributed by atoms with Crippen molar-refractivity contribution < 1.29 is 0 Å². The number of benzene rings is 1. The maximum Gasteiger partial charge on any atom is 0.0643 e. The van der Waals surface area contributed by atoms with Gasteiger partial charge in [-0.15, -0.1) is 0 Å². The Morgan fingerprint density at radius 1 is 1.00 bits per heavy atom. The minimum atomic E-state index is 0.519. The number of rotatable bonds is 8. The Kier molecular flexibility index (Phi) is 5.45. The van der Waals surface area contributed by atoms with Gasteiger partial charge in [-0.05, 0) is 60.9 Å². The van der Waals surface area contributed by atoms with Crippen LogP contribution in [0.25, 0.3) is 21.7 Å². The molecule has 4 nitrogen and oxygen atoms in total. The Balaban J connectivity index is 1.22.